The third-order valence-corrected chi connectivity index (χ3v) is 5.73. The number of hydrogen-bond acceptors (Lipinski definition) is 4. The van der Waals surface area contributed by atoms with Crippen molar-refractivity contribution >= 4 is 29.1 Å². The van der Waals surface area contributed by atoms with Crippen molar-refractivity contribution in [3.63, 3.8) is 0 Å². The SMILES string of the molecule is Cc1cc(C)c(NC(=O)C(C)N2CCC(NC(=O)c3ccc(C)o3)CC2)c(Cl)c1. The summed E-state index contributed by atoms with van der Waals surface area (Å²) in [5.41, 5.74) is 2.68. The Bertz CT molecular complexity index is 877. The second kappa shape index (κ2) is 9.01. The van der Waals surface area contributed by atoms with Crippen molar-refractivity contribution in [1.82, 2.24) is 10.2 Å². The fourth-order valence-corrected chi connectivity index (χ4v) is 4.08. The van der Waals surface area contributed by atoms with Crippen molar-refractivity contribution in [2.24, 2.45) is 0 Å². The van der Waals surface area contributed by atoms with E-state index < -0.39 is 0 Å². The molecule has 1 aliphatic rings. The van der Waals surface area contributed by atoms with E-state index in [0.29, 0.717) is 22.2 Å². The standard InChI is InChI=1S/C22H28ClN3O3/c1-13-11-14(2)20(18(23)12-13)25-21(27)16(4)26-9-7-17(8-10-26)24-22(28)19-6-5-15(3)29-19/h5-6,11-12,16-17H,7-10H2,1-4H3,(H,24,28)(H,25,27). The number of furan rings is 1. The van der Waals surface area contributed by atoms with Gasteiger partial charge < -0.3 is 15.1 Å². The maximum absolute atomic E-state index is 12.8. The van der Waals surface area contributed by atoms with Crippen molar-refractivity contribution in [3.8, 4) is 0 Å². The number of carbonyl (C=O) groups is 2. The van der Waals surface area contributed by atoms with Gasteiger partial charge in [0.2, 0.25) is 5.91 Å². The number of hydrogen-bond donors (Lipinski definition) is 2. The van der Waals surface area contributed by atoms with Gasteiger partial charge in [-0.15, -0.1) is 0 Å². The van der Waals surface area contributed by atoms with E-state index in [1.807, 2.05) is 39.8 Å². The molecular formula is C22H28ClN3O3. The van der Waals surface area contributed by atoms with E-state index in [4.69, 9.17) is 16.0 Å². The van der Waals surface area contributed by atoms with E-state index in [9.17, 15) is 9.59 Å². The summed E-state index contributed by atoms with van der Waals surface area (Å²) in [5, 5.41) is 6.55. The summed E-state index contributed by atoms with van der Waals surface area (Å²) < 4.78 is 5.37. The summed E-state index contributed by atoms with van der Waals surface area (Å²) in [5.74, 6) is 0.788. The quantitative estimate of drug-likeness (QED) is 0.768. The molecule has 1 saturated heterocycles. The van der Waals surface area contributed by atoms with Gasteiger partial charge in [0, 0.05) is 19.1 Å². The van der Waals surface area contributed by atoms with E-state index in [1.165, 1.54) is 0 Å². The van der Waals surface area contributed by atoms with Crippen molar-refractivity contribution in [2.45, 2.75) is 52.6 Å². The lowest BCUT2D eigenvalue weighted by Gasteiger charge is -2.35. The number of benzene rings is 1. The van der Waals surface area contributed by atoms with Crippen molar-refractivity contribution in [1.29, 1.82) is 0 Å². The van der Waals surface area contributed by atoms with Gasteiger partial charge in [-0.1, -0.05) is 17.7 Å². The number of halogens is 1. The highest BCUT2D eigenvalue weighted by atomic mass is 35.5. The van der Waals surface area contributed by atoms with Gasteiger partial charge in [-0.25, -0.2) is 0 Å². The topological polar surface area (TPSA) is 74.6 Å². The first-order valence-corrected chi connectivity index (χ1v) is 10.3. The van der Waals surface area contributed by atoms with Crippen LogP contribution in [-0.4, -0.2) is 41.9 Å². The predicted octanol–water partition coefficient (Wildman–Crippen LogP) is 4.08. The zero-order chi connectivity index (χ0) is 21.1. The first-order chi connectivity index (χ1) is 13.7. The first kappa shape index (κ1) is 21.4. The van der Waals surface area contributed by atoms with Crippen LogP contribution in [0.1, 0.15) is 47.2 Å². The van der Waals surface area contributed by atoms with Crippen LogP contribution in [0.3, 0.4) is 0 Å². The van der Waals surface area contributed by atoms with Crippen molar-refractivity contribution in [3.05, 3.63) is 51.9 Å². The molecule has 2 heterocycles. The molecule has 2 N–H and O–H groups in total. The van der Waals surface area contributed by atoms with Crippen LogP contribution >= 0.6 is 11.6 Å². The summed E-state index contributed by atoms with van der Waals surface area (Å²) in [4.78, 5) is 27.1. The number of rotatable bonds is 5. The fraction of sp³-hybridized carbons (Fsp3) is 0.455. The van der Waals surface area contributed by atoms with Gasteiger partial charge >= 0.3 is 0 Å². The van der Waals surface area contributed by atoms with E-state index in [2.05, 4.69) is 15.5 Å². The largest absolute Gasteiger partial charge is 0.456 e. The molecule has 29 heavy (non-hydrogen) atoms. The Kier molecular flexibility index (Phi) is 6.65. The Balaban J connectivity index is 1.52. The van der Waals surface area contributed by atoms with Crippen LogP contribution in [-0.2, 0) is 4.79 Å². The Morgan fingerprint density at radius 2 is 1.86 bits per heavy atom. The Morgan fingerprint density at radius 1 is 1.17 bits per heavy atom. The number of piperidine rings is 1. The molecule has 0 saturated carbocycles. The maximum Gasteiger partial charge on any atom is 0.287 e. The van der Waals surface area contributed by atoms with Crippen LogP contribution in [0.4, 0.5) is 5.69 Å². The average molecular weight is 418 g/mol. The molecular weight excluding hydrogens is 390 g/mol. The highest BCUT2D eigenvalue weighted by molar-refractivity contribution is 6.34. The Morgan fingerprint density at radius 3 is 2.45 bits per heavy atom. The first-order valence-electron chi connectivity index (χ1n) is 9.93. The lowest BCUT2D eigenvalue weighted by Crippen LogP contribution is -2.50. The van der Waals surface area contributed by atoms with E-state index in [0.717, 1.165) is 37.1 Å². The minimum atomic E-state index is -0.281. The molecule has 0 radical (unpaired) electrons. The second-order valence-electron chi connectivity index (χ2n) is 7.80. The number of anilines is 1. The number of amides is 2. The van der Waals surface area contributed by atoms with E-state index in [1.54, 1.807) is 12.1 Å². The Hall–Kier alpha value is -2.31. The molecule has 156 valence electrons. The third-order valence-electron chi connectivity index (χ3n) is 5.44. The highest BCUT2D eigenvalue weighted by Crippen LogP contribution is 2.28. The minimum Gasteiger partial charge on any atom is -0.456 e. The van der Waals surface area contributed by atoms with Gasteiger partial charge in [0.1, 0.15) is 5.76 Å². The molecule has 1 aromatic heterocycles. The number of aryl methyl sites for hydroxylation is 3. The van der Waals surface area contributed by atoms with Crippen LogP contribution < -0.4 is 10.6 Å². The summed E-state index contributed by atoms with van der Waals surface area (Å²) >= 11 is 6.31. The van der Waals surface area contributed by atoms with Crippen LogP contribution in [0.5, 0.6) is 0 Å². The molecule has 6 nitrogen and oxygen atoms in total. The van der Waals surface area contributed by atoms with Gasteiger partial charge in [0.25, 0.3) is 5.91 Å². The minimum absolute atomic E-state index is 0.0765. The number of nitrogens with one attached hydrogen (secondary N) is 2. The average Bonchev–Trinajstić information content (AvgIpc) is 3.11. The predicted molar refractivity (Wildman–Crippen MR) is 115 cm³/mol. The smallest absolute Gasteiger partial charge is 0.287 e. The molecule has 1 fully saturated rings. The van der Waals surface area contributed by atoms with Gasteiger partial charge in [0.05, 0.1) is 16.8 Å². The summed E-state index contributed by atoms with van der Waals surface area (Å²) in [7, 11) is 0. The molecule has 2 aromatic rings. The van der Waals surface area contributed by atoms with Gasteiger partial charge in [-0.2, -0.15) is 0 Å². The zero-order valence-corrected chi connectivity index (χ0v) is 18.1. The summed E-state index contributed by atoms with van der Waals surface area (Å²) in [6.07, 6.45) is 1.57. The molecule has 0 spiro atoms. The number of nitrogens with zero attached hydrogens (tertiary/aromatic N) is 1. The van der Waals surface area contributed by atoms with Crippen LogP contribution in [0.2, 0.25) is 5.02 Å². The van der Waals surface area contributed by atoms with E-state index >= 15 is 0 Å². The van der Waals surface area contributed by atoms with Crippen molar-refractivity contribution < 1.29 is 14.0 Å². The van der Waals surface area contributed by atoms with Crippen LogP contribution in [0.25, 0.3) is 0 Å². The number of likely N-dealkylation sites (tertiary alicyclic amines) is 1. The maximum atomic E-state index is 12.8. The highest BCUT2D eigenvalue weighted by Gasteiger charge is 2.28. The molecule has 3 rings (SSSR count). The molecule has 7 heteroatoms. The van der Waals surface area contributed by atoms with Crippen molar-refractivity contribution in [2.75, 3.05) is 18.4 Å². The van der Waals surface area contributed by atoms with E-state index in [-0.39, 0.29) is 23.9 Å². The second-order valence-corrected chi connectivity index (χ2v) is 8.21. The molecule has 2 amide bonds. The third kappa shape index (κ3) is 5.19. The molecule has 1 unspecified atom stereocenters. The van der Waals surface area contributed by atoms with Gasteiger partial charge in [0.15, 0.2) is 5.76 Å². The fourth-order valence-electron chi connectivity index (χ4n) is 3.71. The molecule has 0 bridgehead atoms. The van der Waals surface area contributed by atoms with Crippen LogP contribution in [0.15, 0.2) is 28.7 Å². The van der Waals surface area contributed by atoms with Gasteiger partial charge in [-0.05, 0) is 69.9 Å². The lowest BCUT2D eigenvalue weighted by atomic mass is 10.0. The Labute approximate surface area is 176 Å². The molecule has 1 atom stereocenters. The molecule has 0 aliphatic carbocycles. The summed E-state index contributed by atoms with van der Waals surface area (Å²) in [6, 6.07) is 7.11. The molecule has 1 aliphatic heterocycles. The van der Waals surface area contributed by atoms with Gasteiger partial charge in [-0.3, -0.25) is 14.5 Å². The normalized spacial score (nSPS) is 16.4. The zero-order valence-electron chi connectivity index (χ0n) is 17.3. The van der Waals surface area contributed by atoms with Crippen LogP contribution in [0, 0.1) is 20.8 Å². The monoisotopic (exact) mass is 417 g/mol. The molecule has 1 aromatic carbocycles. The lowest BCUT2D eigenvalue weighted by molar-refractivity contribution is -0.121. The summed E-state index contributed by atoms with van der Waals surface area (Å²) in [6.45, 7) is 9.09. The number of carbonyl (C=O) groups excluding carboxylic acids is 2.